The molecule has 0 aromatic carbocycles. The lowest BCUT2D eigenvalue weighted by molar-refractivity contribution is -0.149. The van der Waals surface area contributed by atoms with Crippen molar-refractivity contribution < 1.29 is 33.6 Å². The molecule has 3 fully saturated rings. The van der Waals surface area contributed by atoms with Gasteiger partial charge in [0.25, 0.3) is 5.91 Å². The van der Waals surface area contributed by atoms with Crippen molar-refractivity contribution in [2.75, 3.05) is 6.61 Å². The molecule has 2 heterocycles. The smallest absolute Gasteiger partial charge is 0.313 e. The number of hydroxylamine groups is 1. The number of likely N-dealkylation sites (tertiary alicyclic amines) is 1. The summed E-state index contributed by atoms with van der Waals surface area (Å²) in [5.74, 6) is -3.78. The lowest BCUT2D eigenvalue weighted by atomic mass is 9.81. The second kappa shape index (κ2) is 18.3. The SMILES string of the molecule is C=CCONC(=O)C(=O)[C@H](CCC)NC(=O)[C@@H]1C[C@@H]2CCCC[C@@H]2N1C(=O)[C@@H](NC(=O)[C@@H](NC(=O)c1cnccn1)C1CCCCC1)C(C)(C)C. The number of carbonyl (C=O) groups is 6. The van der Waals surface area contributed by atoms with Crippen molar-refractivity contribution in [3.05, 3.63) is 36.9 Å². The molecule has 0 spiro atoms. The van der Waals surface area contributed by atoms with Gasteiger partial charge in [-0.2, -0.15) is 0 Å². The second-order valence-electron chi connectivity index (χ2n) is 15.1. The van der Waals surface area contributed by atoms with Crippen molar-refractivity contribution in [3.8, 4) is 0 Å². The number of nitrogens with one attached hydrogen (secondary N) is 4. The normalized spacial score (nSPS) is 22.4. The van der Waals surface area contributed by atoms with E-state index in [9.17, 15) is 28.8 Å². The minimum absolute atomic E-state index is 0.00666. The van der Waals surface area contributed by atoms with Gasteiger partial charge in [-0.25, -0.2) is 10.5 Å². The predicted molar refractivity (Wildman–Crippen MR) is 188 cm³/mol. The number of hydrogen-bond acceptors (Lipinski definition) is 9. The van der Waals surface area contributed by atoms with Crippen molar-refractivity contribution in [2.24, 2.45) is 17.3 Å². The maximum absolute atomic E-state index is 14.8. The Bertz CT molecular complexity index is 1410. The summed E-state index contributed by atoms with van der Waals surface area (Å²) in [5, 5.41) is 8.69. The van der Waals surface area contributed by atoms with E-state index in [2.05, 4.69) is 38.0 Å². The van der Waals surface area contributed by atoms with Crippen LogP contribution in [0.15, 0.2) is 31.2 Å². The molecule has 1 saturated heterocycles. The zero-order valence-electron chi connectivity index (χ0n) is 30.4. The first-order valence-electron chi connectivity index (χ1n) is 18.4. The van der Waals surface area contributed by atoms with E-state index < -0.39 is 59.0 Å². The minimum atomic E-state index is -1.11. The Balaban J connectivity index is 1.59. The van der Waals surface area contributed by atoms with Crippen LogP contribution in [0.5, 0.6) is 0 Å². The molecule has 0 unspecified atom stereocenters. The first-order valence-corrected chi connectivity index (χ1v) is 18.4. The van der Waals surface area contributed by atoms with Crippen molar-refractivity contribution in [3.63, 3.8) is 0 Å². The summed E-state index contributed by atoms with van der Waals surface area (Å²) in [4.78, 5) is 96.6. The lowest BCUT2D eigenvalue weighted by Gasteiger charge is -2.40. The Labute approximate surface area is 300 Å². The molecule has 0 bridgehead atoms. The van der Waals surface area contributed by atoms with E-state index in [1.54, 1.807) is 4.90 Å². The number of Topliss-reactive ketones (excluding diaryl/α,β-unsaturated/α-hetero) is 1. The summed E-state index contributed by atoms with van der Waals surface area (Å²) in [6.07, 6.45) is 14.6. The van der Waals surface area contributed by atoms with Crippen molar-refractivity contribution in [1.29, 1.82) is 0 Å². The molecule has 1 aromatic rings. The summed E-state index contributed by atoms with van der Waals surface area (Å²) in [6.45, 7) is 10.9. The van der Waals surface area contributed by atoms with Crippen LogP contribution in [0.3, 0.4) is 0 Å². The standard InChI is InChI=1S/C37H55N7O7/c1-6-13-25(30(45)35(49)43-51-20-7-2)40-33(47)28-21-24-16-11-12-17-27(24)44(28)36(50)31(37(3,4)5)42-34(48)29(23-14-9-8-10-15-23)41-32(46)26-22-38-18-19-39-26/h7,18-19,22-25,27-29,31H,2,6,8-17,20-21H2,1,3-5H3,(H,40,47)(H,41,46)(H,42,48)(H,43,49)/t24-,25-,27-,28-,29-,31+/m0/s1. The van der Waals surface area contributed by atoms with Crippen molar-refractivity contribution in [2.45, 2.75) is 135 Å². The molecule has 51 heavy (non-hydrogen) atoms. The van der Waals surface area contributed by atoms with Crippen molar-refractivity contribution in [1.82, 2.24) is 36.3 Å². The predicted octanol–water partition coefficient (Wildman–Crippen LogP) is 2.93. The molecule has 2 saturated carbocycles. The molecule has 2 aliphatic carbocycles. The molecule has 1 aliphatic heterocycles. The minimum Gasteiger partial charge on any atom is -0.344 e. The molecular formula is C37H55N7O7. The van der Waals surface area contributed by atoms with Crippen LogP contribution in [-0.2, 0) is 28.8 Å². The molecule has 3 aliphatic rings. The summed E-state index contributed by atoms with van der Waals surface area (Å²) < 4.78 is 0. The Kier molecular flexibility index (Phi) is 14.2. The molecule has 5 amide bonds. The molecule has 0 radical (unpaired) electrons. The van der Waals surface area contributed by atoms with E-state index in [1.807, 2.05) is 27.7 Å². The summed E-state index contributed by atoms with van der Waals surface area (Å²) in [7, 11) is 0. The van der Waals surface area contributed by atoms with Gasteiger partial charge in [0.2, 0.25) is 23.5 Å². The van der Waals surface area contributed by atoms with E-state index >= 15 is 0 Å². The van der Waals surface area contributed by atoms with Gasteiger partial charge in [0.05, 0.1) is 18.8 Å². The third-order valence-corrected chi connectivity index (χ3v) is 10.3. The number of fused-ring (bicyclic) bond motifs is 1. The van der Waals surface area contributed by atoms with Gasteiger partial charge in [-0.15, -0.1) is 6.58 Å². The van der Waals surface area contributed by atoms with Gasteiger partial charge >= 0.3 is 5.91 Å². The highest BCUT2D eigenvalue weighted by molar-refractivity contribution is 6.38. The number of rotatable bonds is 15. The topological polar surface area (TPSA) is 189 Å². The number of nitrogens with zero attached hydrogens (tertiary/aromatic N) is 3. The molecule has 14 heteroatoms. The van der Waals surface area contributed by atoms with Crippen LogP contribution in [-0.4, -0.2) is 87.0 Å². The summed E-state index contributed by atoms with van der Waals surface area (Å²) >= 11 is 0. The summed E-state index contributed by atoms with van der Waals surface area (Å²) in [6, 6.07) is -4.15. The quantitative estimate of drug-likeness (QED) is 0.0919. The third kappa shape index (κ3) is 10.2. The second-order valence-corrected chi connectivity index (χ2v) is 15.1. The Morgan fingerprint density at radius 3 is 2.33 bits per heavy atom. The van der Waals surface area contributed by atoms with Crippen LogP contribution in [0.25, 0.3) is 0 Å². The molecular weight excluding hydrogens is 654 g/mol. The lowest BCUT2D eigenvalue weighted by Crippen LogP contribution is -2.63. The first-order chi connectivity index (χ1) is 24.4. The summed E-state index contributed by atoms with van der Waals surface area (Å²) in [5.41, 5.74) is 1.41. The van der Waals surface area contributed by atoms with Gasteiger partial charge in [-0.3, -0.25) is 38.6 Å². The van der Waals surface area contributed by atoms with Crippen LogP contribution in [0.1, 0.15) is 115 Å². The fraction of sp³-hybridized carbons (Fsp3) is 0.676. The number of hydrogen-bond donors (Lipinski definition) is 4. The Hall–Kier alpha value is -4.20. The average molecular weight is 710 g/mol. The van der Waals surface area contributed by atoms with E-state index in [0.717, 1.165) is 51.4 Å². The van der Waals surface area contributed by atoms with Crippen molar-refractivity contribution >= 4 is 35.3 Å². The van der Waals surface area contributed by atoms with Gasteiger partial charge < -0.3 is 20.9 Å². The highest BCUT2D eigenvalue weighted by atomic mass is 16.6. The molecule has 4 rings (SSSR count). The van der Waals surface area contributed by atoms with E-state index in [-0.39, 0.29) is 42.5 Å². The molecule has 4 N–H and O–H groups in total. The average Bonchev–Trinajstić information content (AvgIpc) is 3.52. The van der Waals surface area contributed by atoms with Crippen LogP contribution >= 0.6 is 0 Å². The number of ketones is 1. The van der Waals surface area contributed by atoms with Crippen LogP contribution in [0.2, 0.25) is 0 Å². The van der Waals surface area contributed by atoms with E-state index in [1.165, 1.54) is 24.7 Å². The first kappa shape index (κ1) is 39.6. The highest BCUT2D eigenvalue weighted by Gasteiger charge is 2.51. The van der Waals surface area contributed by atoms with Crippen LogP contribution < -0.4 is 21.4 Å². The third-order valence-electron chi connectivity index (χ3n) is 10.3. The van der Waals surface area contributed by atoms with Crippen LogP contribution in [0, 0.1) is 17.3 Å². The monoisotopic (exact) mass is 709 g/mol. The van der Waals surface area contributed by atoms with Gasteiger partial charge in [0.15, 0.2) is 0 Å². The van der Waals surface area contributed by atoms with Gasteiger partial charge in [-0.05, 0) is 55.8 Å². The van der Waals surface area contributed by atoms with Gasteiger partial charge in [0.1, 0.15) is 23.8 Å². The van der Waals surface area contributed by atoms with Gasteiger partial charge in [-0.1, -0.05) is 72.3 Å². The molecule has 280 valence electrons. The fourth-order valence-corrected chi connectivity index (χ4v) is 7.74. The van der Waals surface area contributed by atoms with Gasteiger partial charge in [0, 0.05) is 18.4 Å². The van der Waals surface area contributed by atoms with Crippen LogP contribution in [0.4, 0.5) is 0 Å². The molecule has 14 nitrogen and oxygen atoms in total. The number of carbonyl (C=O) groups excluding carboxylic acids is 6. The molecule has 6 atom stereocenters. The Morgan fingerprint density at radius 1 is 0.980 bits per heavy atom. The molecule has 1 aromatic heterocycles. The zero-order chi connectivity index (χ0) is 37.1. The van der Waals surface area contributed by atoms with E-state index in [4.69, 9.17) is 4.84 Å². The highest BCUT2D eigenvalue weighted by Crippen LogP contribution is 2.41. The number of aromatic nitrogens is 2. The Morgan fingerprint density at radius 2 is 1.69 bits per heavy atom. The maximum Gasteiger partial charge on any atom is 0.313 e. The largest absolute Gasteiger partial charge is 0.344 e. The fourth-order valence-electron chi connectivity index (χ4n) is 7.74. The zero-order valence-corrected chi connectivity index (χ0v) is 30.4. The maximum atomic E-state index is 14.8. The number of amides is 5. The van der Waals surface area contributed by atoms with E-state index in [0.29, 0.717) is 19.3 Å².